The summed E-state index contributed by atoms with van der Waals surface area (Å²) in [7, 11) is 1.83. The minimum absolute atomic E-state index is 0. The lowest BCUT2D eigenvalue weighted by molar-refractivity contribution is -0.130. The average molecular weight is 202 g/mol. The summed E-state index contributed by atoms with van der Waals surface area (Å²) < 4.78 is 0. The monoisotopic (exact) mass is 201 g/mol. The Hall–Kier alpha value is 0.0500. The molecule has 0 radical (unpaired) electrons. The zero-order valence-electron chi connectivity index (χ0n) is 7.46. The molecule has 0 aromatic carbocycles. The zero-order chi connectivity index (χ0) is 7.44. The lowest BCUT2D eigenvalue weighted by Crippen LogP contribution is -2.32. The highest BCUT2D eigenvalue weighted by Crippen LogP contribution is 1.95. The molecular weight excluding hydrogens is 185 g/mol. The standard InChI is InChI=1S/C7H15NO.2ClH/c1-5-7(9)8(4)6(2)3;;/h6H,5H2,1-4H3;2*1H. The summed E-state index contributed by atoms with van der Waals surface area (Å²) in [6, 6.07) is 0.331. The zero-order valence-corrected chi connectivity index (χ0v) is 9.09. The number of carbonyl (C=O) groups excluding carboxylic acids is 1. The van der Waals surface area contributed by atoms with Gasteiger partial charge in [-0.05, 0) is 13.8 Å². The molecule has 0 aromatic rings. The molecule has 4 heteroatoms. The van der Waals surface area contributed by atoms with Crippen molar-refractivity contribution in [3.05, 3.63) is 0 Å². The third kappa shape index (κ3) is 6.45. The van der Waals surface area contributed by atoms with E-state index in [-0.39, 0.29) is 30.7 Å². The Balaban J connectivity index is -0.000000320. The first-order valence-electron chi connectivity index (χ1n) is 3.35. The van der Waals surface area contributed by atoms with Crippen molar-refractivity contribution in [3.63, 3.8) is 0 Å². The predicted molar refractivity (Wildman–Crippen MR) is 52.7 cm³/mol. The molecule has 0 aliphatic rings. The van der Waals surface area contributed by atoms with Crippen molar-refractivity contribution in [3.8, 4) is 0 Å². The number of amides is 1. The molecule has 0 saturated heterocycles. The Morgan fingerprint density at radius 1 is 1.36 bits per heavy atom. The molecule has 2 nitrogen and oxygen atoms in total. The largest absolute Gasteiger partial charge is 0.343 e. The first-order valence-corrected chi connectivity index (χ1v) is 3.35. The highest BCUT2D eigenvalue weighted by molar-refractivity contribution is 5.85. The third-order valence-electron chi connectivity index (χ3n) is 1.47. The van der Waals surface area contributed by atoms with E-state index in [4.69, 9.17) is 0 Å². The Bertz CT molecular complexity index is 107. The summed E-state index contributed by atoms with van der Waals surface area (Å²) in [5.41, 5.74) is 0. The van der Waals surface area contributed by atoms with E-state index in [0.717, 1.165) is 0 Å². The van der Waals surface area contributed by atoms with E-state index in [1.54, 1.807) is 4.90 Å². The van der Waals surface area contributed by atoms with Gasteiger partial charge in [0, 0.05) is 19.5 Å². The third-order valence-corrected chi connectivity index (χ3v) is 1.47. The summed E-state index contributed by atoms with van der Waals surface area (Å²) in [6.45, 7) is 5.89. The first-order chi connectivity index (χ1) is 4.09. The first kappa shape index (κ1) is 17.2. The van der Waals surface area contributed by atoms with E-state index < -0.39 is 0 Å². The fourth-order valence-electron chi connectivity index (χ4n) is 0.537. The second-order valence-corrected chi connectivity index (χ2v) is 2.45. The van der Waals surface area contributed by atoms with E-state index in [2.05, 4.69) is 0 Å². The van der Waals surface area contributed by atoms with E-state index in [0.29, 0.717) is 12.5 Å². The van der Waals surface area contributed by atoms with Crippen LogP contribution in [-0.2, 0) is 4.79 Å². The van der Waals surface area contributed by atoms with Crippen LogP contribution in [0.4, 0.5) is 0 Å². The van der Waals surface area contributed by atoms with Crippen LogP contribution in [0.5, 0.6) is 0 Å². The van der Waals surface area contributed by atoms with Gasteiger partial charge < -0.3 is 4.90 Å². The molecule has 0 aliphatic carbocycles. The second-order valence-electron chi connectivity index (χ2n) is 2.45. The van der Waals surface area contributed by atoms with Crippen LogP contribution in [0.15, 0.2) is 0 Å². The molecule has 0 rings (SSSR count). The molecule has 0 bridgehead atoms. The maximum Gasteiger partial charge on any atom is 0.222 e. The Labute approximate surface area is 81.2 Å². The lowest BCUT2D eigenvalue weighted by atomic mass is 10.3. The maximum absolute atomic E-state index is 10.9. The SMILES string of the molecule is CCC(=O)N(C)C(C)C.Cl.Cl. The van der Waals surface area contributed by atoms with Crippen molar-refractivity contribution in [2.75, 3.05) is 7.05 Å². The van der Waals surface area contributed by atoms with Gasteiger partial charge in [0.1, 0.15) is 0 Å². The van der Waals surface area contributed by atoms with E-state index in [1.807, 2.05) is 27.8 Å². The summed E-state index contributed by atoms with van der Waals surface area (Å²) in [6.07, 6.45) is 0.606. The lowest BCUT2D eigenvalue weighted by Gasteiger charge is -2.20. The van der Waals surface area contributed by atoms with Crippen LogP contribution in [0.25, 0.3) is 0 Å². The maximum atomic E-state index is 10.9. The fourth-order valence-corrected chi connectivity index (χ4v) is 0.537. The molecule has 0 N–H and O–H groups in total. The summed E-state index contributed by atoms with van der Waals surface area (Å²) in [5, 5.41) is 0. The minimum Gasteiger partial charge on any atom is -0.343 e. The van der Waals surface area contributed by atoms with Crippen LogP contribution in [0.2, 0.25) is 0 Å². The summed E-state index contributed by atoms with van der Waals surface area (Å²) in [5.74, 6) is 0.213. The fraction of sp³-hybridized carbons (Fsp3) is 0.857. The van der Waals surface area contributed by atoms with Gasteiger partial charge in [0.2, 0.25) is 5.91 Å². The van der Waals surface area contributed by atoms with Crippen molar-refractivity contribution in [2.24, 2.45) is 0 Å². The van der Waals surface area contributed by atoms with Crippen LogP contribution < -0.4 is 0 Å². The Morgan fingerprint density at radius 3 is 1.82 bits per heavy atom. The average Bonchev–Trinajstić information content (AvgIpc) is 1.84. The van der Waals surface area contributed by atoms with Gasteiger partial charge in [0.05, 0.1) is 0 Å². The Morgan fingerprint density at radius 2 is 1.73 bits per heavy atom. The van der Waals surface area contributed by atoms with Crippen LogP contribution in [0.3, 0.4) is 0 Å². The molecule has 0 spiro atoms. The Kier molecular flexibility index (Phi) is 12.8. The number of nitrogens with zero attached hydrogens (tertiary/aromatic N) is 1. The molecule has 0 unspecified atom stereocenters. The topological polar surface area (TPSA) is 20.3 Å². The van der Waals surface area contributed by atoms with Crippen molar-refractivity contribution >= 4 is 30.7 Å². The van der Waals surface area contributed by atoms with Gasteiger partial charge in [-0.1, -0.05) is 6.92 Å². The van der Waals surface area contributed by atoms with Crippen molar-refractivity contribution < 1.29 is 4.79 Å². The van der Waals surface area contributed by atoms with Crippen LogP contribution in [-0.4, -0.2) is 23.9 Å². The van der Waals surface area contributed by atoms with E-state index in [1.165, 1.54) is 0 Å². The number of hydrogen-bond acceptors (Lipinski definition) is 1. The number of hydrogen-bond donors (Lipinski definition) is 0. The molecule has 0 aliphatic heterocycles. The molecule has 0 saturated carbocycles. The van der Waals surface area contributed by atoms with Gasteiger partial charge >= 0.3 is 0 Å². The van der Waals surface area contributed by atoms with Gasteiger partial charge in [0.15, 0.2) is 0 Å². The minimum atomic E-state index is 0. The summed E-state index contributed by atoms with van der Waals surface area (Å²) in [4.78, 5) is 12.6. The van der Waals surface area contributed by atoms with E-state index >= 15 is 0 Å². The normalized spacial score (nSPS) is 8.09. The highest BCUT2D eigenvalue weighted by Gasteiger charge is 2.07. The smallest absolute Gasteiger partial charge is 0.222 e. The van der Waals surface area contributed by atoms with Gasteiger partial charge in [-0.25, -0.2) is 0 Å². The van der Waals surface area contributed by atoms with Gasteiger partial charge in [-0.3, -0.25) is 4.79 Å². The molecule has 0 fully saturated rings. The van der Waals surface area contributed by atoms with Crippen LogP contribution >= 0.6 is 24.8 Å². The number of halogens is 2. The predicted octanol–water partition coefficient (Wildman–Crippen LogP) is 2.11. The van der Waals surface area contributed by atoms with Crippen molar-refractivity contribution in [2.45, 2.75) is 33.2 Å². The molecule has 11 heavy (non-hydrogen) atoms. The molecule has 0 aromatic heterocycles. The van der Waals surface area contributed by atoms with Gasteiger partial charge in [0.25, 0.3) is 0 Å². The number of rotatable bonds is 2. The van der Waals surface area contributed by atoms with Crippen molar-refractivity contribution in [1.29, 1.82) is 0 Å². The molecule has 0 heterocycles. The van der Waals surface area contributed by atoms with Gasteiger partial charge in [-0.15, -0.1) is 24.8 Å². The molecule has 1 amide bonds. The van der Waals surface area contributed by atoms with Crippen LogP contribution in [0.1, 0.15) is 27.2 Å². The highest BCUT2D eigenvalue weighted by atomic mass is 35.5. The molecular formula is C7H17Cl2NO. The quantitative estimate of drug-likeness (QED) is 0.671. The second kappa shape index (κ2) is 8.15. The van der Waals surface area contributed by atoms with Crippen LogP contribution in [0, 0.1) is 0 Å². The van der Waals surface area contributed by atoms with Gasteiger partial charge in [-0.2, -0.15) is 0 Å². The van der Waals surface area contributed by atoms with Crippen molar-refractivity contribution in [1.82, 2.24) is 4.90 Å². The summed E-state index contributed by atoms with van der Waals surface area (Å²) >= 11 is 0. The van der Waals surface area contributed by atoms with E-state index in [9.17, 15) is 4.79 Å². The molecule has 0 atom stereocenters. The number of carbonyl (C=O) groups is 1. The molecule has 70 valence electrons.